The van der Waals surface area contributed by atoms with Gasteiger partial charge in [-0.2, -0.15) is 0 Å². The molecule has 3 rings (SSSR count). The Hall–Kier alpha value is -3.42. The van der Waals surface area contributed by atoms with Gasteiger partial charge in [0.2, 0.25) is 11.8 Å². The summed E-state index contributed by atoms with van der Waals surface area (Å²) in [5.41, 5.74) is 0.830. The number of carboxylic acid groups (broad SMARTS) is 1. The van der Waals surface area contributed by atoms with Crippen LogP contribution < -0.4 is 10.6 Å². The lowest BCUT2D eigenvalue weighted by molar-refractivity contribution is -0.141. The second-order valence-corrected chi connectivity index (χ2v) is 14.5. The average Bonchev–Trinajstić information content (AvgIpc) is 3.72. The molecule has 266 valence electrons. The molecule has 0 spiro atoms. The number of likely N-dealkylation sites (N-methyl/N-ethyl adjacent to an activating group) is 2. The number of hydrogen-bond acceptors (Lipinski definition) is 8. The number of halogens is 1. The minimum atomic E-state index is -1.06. The van der Waals surface area contributed by atoms with Crippen LogP contribution >= 0.6 is 11.3 Å². The number of carbonyl (C=O) groups is 4. The molecule has 1 fully saturated rings. The standard InChI is InChI=1S/C35H52FN5O6S/c1-8-21(4)30(39-32(44)27-10-9-15-40(27)6)34(45)41(7)28(20(2)3)18-29(42)33-38-26(19-48-33)31(43)37-25(16-22(5)35(46)47)17-23-11-13-24(36)14-12-23/h11-14,19-22,25,27-30,42H,8-10,15-18H2,1-7H3,(H,37,43)(H,39,44)(H,46,47)/t21?,22-,25+,27+,28?,29+,30-/m0/s1. The van der Waals surface area contributed by atoms with E-state index in [-0.39, 0.29) is 54.3 Å². The van der Waals surface area contributed by atoms with Gasteiger partial charge in [-0.1, -0.05) is 53.2 Å². The lowest BCUT2D eigenvalue weighted by Gasteiger charge is -2.37. The molecule has 2 heterocycles. The fraction of sp³-hybridized carbons (Fsp3) is 0.629. The topological polar surface area (TPSA) is 152 Å². The molecule has 1 aromatic heterocycles. The first kappa shape index (κ1) is 39.0. The molecular formula is C35H52FN5O6S. The number of likely N-dealkylation sites (tertiary alicyclic amines) is 1. The Balaban J connectivity index is 1.71. The third kappa shape index (κ3) is 10.5. The van der Waals surface area contributed by atoms with Gasteiger partial charge in [-0.3, -0.25) is 24.1 Å². The minimum Gasteiger partial charge on any atom is -0.481 e. The van der Waals surface area contributed by atoms with Gasteiger partial charge in [-0.15, -0.1) is 11.3 Å². The number of aliphatic hydroxyl groups excluding tert-OH is 1. The number of carboxylic acids is 1. The van der Waals surface area contributed by atoms with E-state index < -0.39 is 41.8 Å². The summed E-state index contributed by atoms with van der Waals surface area (Å²) >= 11 is 1.13. The third-order valence-electron chi connectivity index (χ3n) is 9.51. The number of aliphatic hydroxyl groups is 1. The van der Waals surface area contributed by atoms with Crippen molar-refractivity contribution in [2.45, 2.75) is 103 Å². The molecule has 0 radical (unpaired) electrons. The van der Waals surface area contributed by atoms with Crippen molar-refractivity contribution >= 4 is 35.0 Å². The van der Waals surface area contributed by atoms with Crippen molar-refractivity contribution in [1.82, 2.24) is 25.4 Å². The Morgan fingerprint density at radius 3 is 2.33 bits per heavy atom. The van der Waals surface area contributed by atoms with Crippen LogP contribution in [0.3, 0.4) is 0 Å². The predicted molar refractivity (Wildman–Crippen MR) is 183 cm³/mol. The van der Waals surface area contributed by atoms with Crippen molar-refractivity contribution in [3.05, 3.63) is 51.7 Å². The average molecular weight is 690 g/mol. The van der Waals surface area contributed by atoms with Gasteiger partial charge < -0.3 is 25.7 Å². The first-order valence-corrected chi connectivity index (χ1v) is 17.7. The number of thiazole rings is 1. The van der Waals surface area contributed by atoms with Crippen LogP contribution in [-0.4, -0.2) is 93.5 Å². The van der Waals surface area contributed by atoms with Crippen molar-refractivity contribution in [3.8, 4) is 0 Å². The molecule has 2 aromatic rings. The summed E-state index contributed by atoms with van der Waals surface area (Å²) in [7, 11) is 3.61. The lowest BCUT2D eigenvalue weighted by atomic mass is 9.93. The SMILES string of the molecule is CCC(C)[C@H](NC(=O)[C@H]1CCCN1C)C(=O)N(C)C(C[C@@H](O)c1nc(C(=O)N[C@@H](Cc2ccc(F)cc2)C[C@H](C)C(=O)O)cs1)C(C)C. The molecule has 13 heteroatoms. The molecule has 0 bridgehead atoms. The Morgan fingerprint density at radius 2 is 1.77 bits per heavy atom. The van der Waals surface area contributed by atoms with E-state index in [2.05, 4.69) is 15.6 Å². The van der Waals surface area contributed by atoms with Gasteiger partial charge in [0.15, 0.2) is 0 Å². The molecule has 1 aliphatic rings. The maximum Gasteiger partial charge on any atom is 0.306 e. The zero-order valence-corrected chi connectivity index (χ0v) is 29.9. The number of benzene rings is 1. The third-order valence-corrected chi connectivity index (χ3v) is 10.5. The van der Waals surface area contributed by atoms with E-state index >= 15 is 0 Å². The molecule has 1 aromatic carbocycles. The summed E-state index contributed by atoms with van der Waals surface area (Å²) in [6.07, 6.45) is 1.95. The monoisotopic (exact) mass is 689 g/mol. The normalized spacial score (nSPS) is 18.8. The van der Waals surface area contributed by atoms with Gasteiger partial charge in [0.05, 0.1) is 12.0 Å². The quantitative estimate of drug-likeness (QED) is 0.192. The second-order valence-electron chi connectivity index (χ2n) is 13.6. The summed E-state index contributed by atoms with van der Waals surface area (Å²) in [5, 5.41) is 28.5. The first-order valence-electron chi connectivity index (χ1n) is 16.8. The summed E-state index contributed by atoms with van der Waals surface area (Å²) in [4.78, 5) is 59.9. The minimum absolute atomic E-state index is 0.0333. The molecule has 1 saturated heterocycles. The van der Waals surface area contributed by atoms with E-state index in [4.69, 9.17) is 0 Å². The Kier molecular flexibility index (Phi) is 14.5. The highest BCUT2D eigenvalue weighted by Crippen LogP contribution is 2.28. The summed E-state index contributed by atoms with van der Waals surface area (Å²) in [6, 6.07) is 3.91. The van der Waals surface area contributed by atoms with Gasteiger partial charge >= 0.3 is 5.97 Å². The van der Waals surface area contributed by atoms with Crippen LogP contribution in [0.1, 0.15) is 93.9 Å². The van der Waals surface area contributed by atoms with Crippen molar-refractivity contribution in [1.29, 1.82) is 0 Å². The van der Waals surface area contributed by atoms with Crippen LogP contribution in [0.5, 0.6) is 0 Å². The summed E-state index contributed by atoms with van der Waals surface area (Å²) < 4.78 is 13.4. The Morgan fingerprint density at radius 1 is 1.10 bits per heavy atom. The van der Waals surface area contributed by atoms with Crippen LogP contribution in [0.4, 0.5) is 4.39 Å². The highest BCUT2D eigenvalue weighted by Gasteiger charge is 2.37. The van der Waals surface area contributed by atoms with Crippen LogP contribution in [0.2, 0.25) is 0 Å². The van der Waals surface area contributed by atoms with Gasteiger partial charge in [0, 0.05) is 30.9 Å². The van der Waals surface area contributed by atoms with E-state index in [0.29, 0.717) is 17.8 Å². The van der Waals surface area contributed by atoms with Gasteiger partial charge in [-0.05, 0) is 68.8 Å². The molecule has 3 amide bonds. The number of nitrogens with one attached hydrogen (secondary N) is 2. The van der Waals surface area contributed by atoms with Crippen molar-refractivity contribution in [3.63, 3.8) is 0 Å². The number of aliphatic carboxylic acids is 1. The molecule has 0 aliphatic carbocycles. The lowest BCUT2D eigenvalue weighted by Crippen LogP contribution is -2.56. The van der Waals surface area contributed by atoms with Crippen LogP contribution in [0, 0.1) is 23.6 Å². The zero-order valence-electron chi connectivity index (χ0n) is 29.1. The van der Waals surface area contributed by atoms with E-state index in [1.165, 1.54) is 17.5 Å². The number of hydrogen-bond donors (Lipinski definition) is 4. The fourth-order valence-corrected chi connectivity index (χ4v) is 6.99. The highest BCUT2D eigenvalue weighted by molar-refractivity contribution is 7.09. The fourth-order valence-electron chi connectivity index (χ4n) is 6.19. The Labute approximate surface area is 287 Å². The largest absolute Gasteiger partial charge is 0.481 e. The second kappa shape index (κ2) is 17.8. The van der Waals surface area contributed by atoms with Crippen LogP contribution in [-0.2, 0) is 20.8 Å². The molecule has 48 heavy (non-hydrogen) atoms. The first-order chi connectivity index (χ1) is 22.6. The van der Waals surface area contributed by atoms with E-state index in [1.54, 1.807) is 31.0 Å². The maximum absolute atomic E-state index is 13.9. The number of amides is 3. The maximum atomic E-state index is 13.9. The van der Waals surface area contributed by atoms with Gasteiger partial charge in [-0.25, -0.2) is 9.37 Å². The number of aromatic nitrogens is 1. The summed E-state index contributed by atoms with van der Waals surface area (Å²) in [6.45, 7) is 10.3. The van der Waals surface area contributed by atoms with E-state index in [1.807, 2.05) is 39.6 Å². The van der Waals surface area contributed by atoms with Crippen LogP contribution in [0.25, 0.3) is 0 Å². The molecule has 4 N–H and O–H groups in total. The highest BCUT2D eigenvalue weighted by atomic mass is 32.1. The molecule has 7 atom stereocenters. The number of carbonyl (C=O) groups excluding carboxylic acids is 3. The Bertz CT molecular complexity index is 1390. The number of nitrogens with zero attached hydrogens (tertiary/aromatic N) is 3. The molecular weight excluding hydrogens is 637 g/mol. The molecule has 11 nitrogen and oxygen atoms in total. The number of rotatable bonds is 17. The van der Waals surface area contributed by atoms with E-state index in [0.717, 1.165) is 36.3 Å². The van der Waals surface area contributed by atoms with Crippen molar-refractivity contribution in [2.75, 3.05) is 20.6 Å². The van der Waals surface area contributed by atoms with Gasteiger partial charge in [0.1, 0.15) is 28.7 Å². The molecule has 2 unspecified atom stereocenters. The van der Waals surface area contributed by atoms with Crippen molar-refractivity contribution < 1.29 is 33.8 Å². The van der Waals surface area contributed by atoms with Gasteiger partial charge in [0.25, 0.3) is 5.91 Å². The molecule has 0 saturated carbocycles. The smallest absolute Gasteiger partial charge is 0.306 e. The zero-order chi connectivity index (χ0) is 35.7. The van der Waals surface area contributed by atoms with Crippen LogP contribution in [0.15, 0.2) is 29.6 Å². The predicted octanol–water partition coefficient (Wildman–Crippen LogP) is 4.27. The van der Waals surface area contributed by atoms with E-state index in [9.17, 15) is 33.8 Å². The molecule has 1 aliphatic heterocycles. The summed E-state index contributed by atoms with van der Waals surface area (Å²) in [5.74, 6) is -3.12. The van der Waals surface area contributed by atoms with Crippen molar-refractivity contribution in [2.24, 2.45) is 17.8 Å².